The van der Waals surface area contributed by atoms with Crippen molar-refractivity contribution in [2.24, 2.45) is 5.73 Å². The molecule has 0 radical (unpaired) electrons. The van der Waals surface area contributed by atoms with Crippen LogP contribution in [0.25, 0.3) is 0 Å². The van der Waals surface area contributed by atoms with Gasteiger partial charge in [0.05, 0.1) is 24.7 Å². The molecule has 2 rings (SSSR count). The highest BCUT2D eigenvalue weighted by Crippen LogP contribution is 2.36. The fraction of sp³-hybridized carbons (Fsp3) is 0.211. The predicted molar refractivity (Wildman–Crippen MR) is 108 cm³/mol. The van der Waals surface area contributed by atoms with Gasteiger partial charge in [0.2, 0.25) is 5.91 Å². The first kappa shape index (κ1) is 21.2. The minimum Gasteiger partial charge on any atom is -0.493 e. The first-order valence-corrected chi connectivity index (χ1v) is 9.13. The third kappa shape index (κ3) is 5.46. The molecule has 0 aliphatic heterocycles. The molecule has 0 unspecified atom stereocenters. The van der Waals surface area contributed by atoms with Crippen molar-refractivity contribution in [1.29, 1.82) is 0 Å². The summed E-state index contributed by atoms with van der Waals surface area (Å²) in [6.45, 7) is 2.07. The Morgan fingerprint density at radius 2 is 1.75 bits per heavy atom. The minimum atomic E-state index is -0.630. The smallest absolute Gasteiger partial charge is 0.255 e. The van der Waals surface area contributed by atoms with Gasteiger partial charge in [0, 0.05) is 16.8 Å². The minimum absolute atomic E-state index is 0.244. The molecule has 0 fully saturated rings. The van der Waals surface area contributed by atoms with E-state index in [4.69, 9.17) is 15.2 Å². The van der Waals surface area contributed by atoms with Crippen LogP contribution in [-0.4, -0.2) is 38.0 Å². The van der Waals surface area contributed by atoms with E-state index in [-0.39, 0.29) is 12.5 Å². The van der Waals surface area contributed by atoms with E-state index in [0.29, 0.717) is 39.4 Å². The molecule has 0 bridgehead atoms. The Balaban J connectivity index is 2.11. The molecule has 0 spiro atoms. The predicted octanol–water partition coefficient (Wildman–Crippen LogP) is 2.32. The van der Waals surface area contributed by atoms with Crippen molar-refractivity contribution in [3.63, 3.8) is 0 Å². The number of halogens is 1. The normalized spacial score (nSPS) is 10.1. The van der Waals surface area contributed by atoms with Gasteiger partial charge in [-0.05, 0) is 59.3 Å². The van der Waals surface area contributed by atoms with Gasteiger partial charge in [0.15, 0.2) is 11.5 Å². The third-order valence-corrected chi connectivity index (χ3v) is 4.20. The zero-order valence-corrected chi connectivity index (χ0v) is 17.0. The van der Waals surface area contributed by atoms with E-state index in [9.17, 15) is 14.4 Å². The summed E-state index contributed by atoms with van der Waals surface area (Å²) in [5.74, 6) is -0.463. The molecule has 0 atom stereocenters. The monoisotopic (exact) mass is 449 g/mol. The zero-order chi connectivity index (χ0) is 20.7. The number of nitrogens with two attached hydrogens (primary N) is 1. The average Bonchev–Trinajstić information content (AvgIpc) is 2.68. The number of amides is 3. The molecule has 0 aliphatic rings. The number of nitrogens with one attached hydrogen (secondary N) is 2. The summed E-state index contributed by atoms with van der Waals surface area (Å²) < 4.78 is 11.4. The fourth-order valence-corrected chi connectivity index (χ4v) is 2.87. The van der Waals surface area contributed by atoms with Crippen molar-refractivity contribution in [3.05, 3.63) is 52.0 Å². The maximum atomic E-state index is 12.5. The summed E-state index contributed by atoms with van der Waals surface area (Å²) in [5, 5.41) is 5.13. The van der Waals surface area contributed by atoms with Crippen LogP contribution in [0.1, 0.15) is 27.6 Å². The molecule has 2 aromatic rings. The van der Waals surface area contributed by atoms with Gasteiger partial charge < -0.3 is 25.8 Å². The van der Waals surface area contributed by atoms with Crippen LogP contribution in [0.5, 0.6) is 11.5 Å². The molecule has 3 amide bonds. The summed E-state index contributed by atoms with van der Waals surface area (Å²) in [5.41, 5.74) is 6.20. The summed E-state index contributed by atoms with van der Waals surface area (Å²) >= 11 is 3.38. The Bertz CT molecular complexity index is 884. The van der Waals surface area contributed by atoms with Gasteiger partial charge in [-0.1, -0.05) is 0 Å². The van der Waals surface area contributed by atoms with Crippen LogP contribution in [0.4, 0.5) is 5.69 Å². The van der Waals surface area contributed by atoms with E-state index in [0.717, 1.165) is 0 Å². The Morgan fingerprint density at radius 1 is 1.07 bits per heavy atom. The van der Waals surface area contributed by atoms with E-state index in [1.54, 1.807) is 24.3 Å². The molecule has 148 valence electrons. The van der Waals surface area contributed by atoms with E-state index in [1.807, 2.05) is 6.92 Å². The van der Waals surface area contributed by atoms with Gasteiger partial charge in [0.1, 0.15) is 0 Å². The quantitative estimate of drug-likeness (QED) is 0.570. The van der Waals surface area contributed by atoms with Crippen molar-refractivity contribution in [2.75, 3.05) is 25.6 Å². The lowest BCUT2D eigenvalue weighted by Crippen LogP contribution is -2.33. The second-order valence-electron chi connectivity index (χ2n) is 5.60. The fourth-order valence-electron chi connectivity index (χ4n) is 2.31. The number of carbonyl (C=O) groups excluding carboxylic acids is 3. The van der Waals surface area contributed by atoms with Crippen LogP contribution in [0.15, 0.2) is 40.9 Å². The van der Waals surface area contributed by atoms with Gasteiger partial charge in [-0.15, -0.1) is 0 Å². The number of hydrogen-bond donors (Lipinski definition) is 3. The van der Waals surface area contributed by atoms with E-state index >= 15 is 0 Å². The summed E-state index contributed by atoms with van der Waals surface area (Å²) in [4.78, 5) is 35.1. The highest BCUT2D eigenvalue weighted by Gasteiger charge is 2.16. The Morgan fingerprint density at radius 3 is 2.32 bits per heavy atom. The molecule has 0 aliphatic carbocycles. The lowest BCUT2D eigenvalue weighted by molar-refractivity contribution is -0.117. The lowest BCUT2D eigenvalue weighted by Gasteiger charge is -2.13. The summed E-state index contributed by atoms with van der Waals surface area (Å²) in [6.07, 6.45) is 0. The molecule has 0 saturated heterocycles. The number of anilines is 1. The van der Waals surface area contributed by atoms with Crippen molar-refractivity contribution in [1.82, 2.24) is 5.32 Å². The molecule has 4 N–H and O–H groups in total. The van der Waals surface area contributed by atoms with Gasteiger partial charge in [-0.25, -0.2) is 0 Å². The zero-order valence-electron chi connectivity index (χ0n) is 15.4. The summed E-state index contributed by atoms with van der Waals surface area (Å²) in [6, 6.07) is 9.43. The van der Waals surface area contributed by atoms with Crippen LogP contribution in [-0.2, 0) is 4.79 Å². The Labute approximate surface area is 170 Å². The molecular weight excluding hydrogens is 430 g/mol. The molecule has 28 heavy (non-hydrogen) atoms. The second-order valence-corrected chi connectivity index (χ2v) is 6.46. The topological polar surface area (TPSA) is 120 Å². The maximum absolute atomic E-state index is 12.5. The third-order valence-electron chi connectivity index (χ3n) is 3.61. The van der Waals surface area contributed by atoms with E-state index < -0.39 is 11.8 Å². The first-order chi connectivity index (χ1) is 13.3. The SMILES string of the molecule is CCOc1c(Br)cc(C(=O)Nc2ccc(C(=O)NCC(N)=O)cc2)cc1OC. The van der Waals surface area contributed by atoms with Crippen LogP contribution < -0.4 is 25.8 Å². The largest absolute Gasteiger partial charge is 0.493 e. The van der Waals surface area contributed by atoms with Crippen LogP contribution in [0.2, 0.25) is 0 Å². The van der Waals surface area contributed by atoms with E-state index in [2.05, 4.69) is 26.6 Å². The van der Waals surface area contributed by atoms with Gasteiger partial charge in [-0.2, -0.15) is 0 Å². The molecule has 0 aromatic heterocycles. The lowest BCUT2D eigenvalue weighted by atomic mass is 10.1. The number of carbonyl (C=O) groups is 3. The molecule has 8 nitrogen and oxygen atoms in total. The number of methoxy groups -OCH3 is 1. The van der Waals surface area contributed by atoms with Crippen molar-refractivity contribution < 1.29 is 23.9 Å². The average molecular weight is 450 g/mol. The number of benzene rings is 2. The number of rotatable bonds is 8. The Kier molecular flexibility index (Phi) is 7.39. The van der Waals surface area contributed by atoms with Crippen LogP contribution >= 0.6 is 15.9 Å². The van der Waals surface area contributed by atoms with E-state index in [1.165, 1.54) is 19.2 Å². The van der Waals surface area contributed by atoms with Gasteiger partial charge in [0.25, 0.3) is 11.8 Å². The standard InChI is InChI=1S/C19H20BrN3O5/c1-3-28-17-14(20)8-12(9-15(17)27-2)19(26)23-13-6-4-11(5-7-13)18(25)22-10-16(21)24/h4-9H,3,10H2,1-2H3,(H2,21,24)(H,22,25)(H,23,26). The molecule has 0 heterocycles. The highest BCUT2D eigenvalue weighted by atomic mass is 79.9. The maximum Gasteiger partial charge on any atom is 0.255 e. The highest BCUT2D eigenvalue weighted by molar-refractivity contribution is 9.10. The second kappa shape index (κ2) is 9.75. The van der Waals surface area contributed by atoms with Crippen molar-refractivity contribution >= 4 is 39.3 Å². The molecular formula is C19H20BrN3O5. The molecule has 2 aromatic carbocycles. The summed E-state index contributed by atoms with van der Waals surface area (Å²) in [7, 11) is 1.49. The van der Waals surface area contributed by atoms with Crippen LogP contribution in [0, 0.1) is 0 Å². The van der Waals surface area contributed by atoms with Crippen molar-refractivity contribution in [2.45, 2.75) is 6.92 Å². The number of ether oxygens (including phenoxy) is 2. The Hall–Kier alpha value is -3.07. The molecule has 0 saturated carbocycles. The first-order valence-electron chi connectivity index (χ1n) is 8.34. The van der Waals surface area contributed by atoms with Gasteiger partial charge >= 0.3 is 0 Å². The van der Waals surface area contributed by atoms with Crippen molar-refractivity contribution in [3.8, 4) is 11.5 Å². The van der Waals surface area contributed by atoms with Crippen LogP contribution in [0.3, 0.4) is 0 Å². The number of primary amides is 1. The molecule has 9 heteroatoms. The number of hydrogen-bond acceptors (Lipinski definition) is 5. The van der Waals surface area contributed by atoms with Gasteiger partial charge in [-0.3, -0.25) is 14.4 Å².